The largest absolute Gasteiger partial charge is 0.375 e. The van der Waals surface area contributed by atoms with Gasteiger partial charge in [-0.15, -0.1) is 11.8 Å². The van der Waals surface area contributed by atoms with Crippen LogP contribution < -0.4 is 16.8 Å². The maximum absolute atomic E-state index is 11.0. The van der Waals surface area contributed by atoms with E-state index in [4.69, 9.17) is 11.5 Å². The molecule has 5 N–H and O–H groups in total. The summed E-state index contributed by atoms with van der Waals surface area (Å²) < 4.78 is 0.821. The number of nitrogens with two attached hydrogens (primary N) is 2. The number of amides is 3. The summed E-state index contributed by atoms with van der Waals surface area (Å²) in [6, 6.07) is -0.848. The molecule has 1 heterocycles. The van der Waals surface area contributed by atoms with Gasteiger partial charge in [0.2, 0.25) is 5.91 Å². The maximum Gasteiger partial charge on any atom is 0.318 e. The number of hydrogen-bond acceptors (Lipinski definition) is 6. The minimum absolute atomic E-state index is 0.116. The molecule has 3 amide bonds. The highest BCUT2D eigenvalue weighted by atomic mass is 32.2. The summed E-state index contributed by atoms with van der Waals surface area (Å²) in [4.78, 5) is 25.0. The Morgan fingerprint density at radius 2 is 2.36 bits per heavy atom. The van der Waals surface area contributed by atoms with Crippen LogP contribution in [0.25, 0.3) is 0 Å². The first-order chi connectivity index (χ1) is 6.58. The Hall–Kier alpha value is -1.28. The summed E-state index contributed by atoms with van der Waals surface area (Å²) in [6.07, 6.45) is 1.57. The third-order valence-corrected chi connectivity index (χ3v) is 3.13. The molecule has 0 aliphatic rings. The van der Waals surface area contributed by atoms with Crippen LogP contribution in [-0.4, -0.2) is 22.7 Å². The summed E-state index contributed by atoms with van der Waals surface area (Å²) in [5, 5.41) is 2.40. The molecule has 0 atom stereocenters. The van der Waals surface area contributed by atoms with E-state index in [0.717, 1.165) is 4.21 Å². The Labute approximate surface area is 88.1 Å². The quantitative estimate of drug-likeness (QED) is 0.636. The standard InChI is InChI=1S/C6H8N4O2S2/c7-5(12)10-3(11)2-13-4-1-9-6(8)14-4/h1H,2H2,(H2,8,9)(H3,7,10,11,12). The normalized spacial score (nSPS) is 9.71. The molecule has 0 aliphatic heterocycles. The van der Waals surface area contributed by atoms with E-state index in [1.165, 1.54) is 23.1 Å². The molecular weight excluding hydrogens is 224 g/mol. The van der Waals surface area contributed by atoms with E-state index in [-0.39, 0.29) is 5.75 Å². The van der Waals surface area contributed by atoms with Crippen LogP contribution in [0.5, 0.6) is 0 Å². The van der Waals surface area contributed by atoms with Crippen LogP contribution in [0.2, 0.25) is 0 Å². The van der Waals surface area contributed by atoms with Crippen molar-refractivity contribution in [1.82, 2.24) is 10.3 Å². The molecule has 14 heavy (non-hydrogen) atoms. The number of nitrogen functional groups attached to an aromatic ring is 1. The highest BCUT2D eigenvalue weighted by Gasteiger charge is 2.06. The maximum atomic E-state index is 11.0. The van der Waals surface area contributed by atoms with Gasteiger partial charge >= 0.3 is 6.03 Å². The SMILES string of the molecule is NC(=O)NC(=O)CSc1cnc(N)s1. The van der Waals surface area contributed by atoms with Crippen molar-refractivity contribution >= 4 is 40.2 Å². The van der Waals surface area contributed by atoms with Gasteiger partial charge in [-0.2, -0.15) is 0 Å². The van der Waals surface area contributed by atoms with Crippen molar-refractivity contribution in [2.24, 2.45) is 5.73 Å². The molecule has 0 saturated heterocycles. The number of imide groups is 1. The summed E-state index contributed by atoms with van der Waals surface area (Å²) in [6.45, 7) is 0. The van der Waals surface area contributed by atoms with E-state index in [2.05, 4.69) is 4.98 Å². The van der Waals surface area contributed by atoms with E-state index >= 15 is 0 Å². The Morgan fingerprint density at radius 1 is 1.64 bits per heavy atom. The molecular formula is C6H8N4O2S2. The van der Waals surface area contributed by atoms with Gasteiger partial charge in [0.15, 0.2) is 5.13 Å². The van der Waals surface area contributed by atoms with Gasteiger partial charge in [0.05, 0.1) is 16.2 Å². The van der Waals surface area contributed by atoms with Gasteiger partial charge in [-0.05, 0) is 0 Å². The Bertz CT molecular complexity index is 351. The van der Waals surface area contributed by atoms with Gasteiger partial charge < -0.3 is 11.5 Å². The van der Waals surface area contributed by atoms with Crippen LogP contribution in [0.4, 0.5) is 9.93 Å². The van der Waals surface area contributed by atoms with Crippen molar-refractivity contribution in [3.8, 4) is 0 Å². The molecule has 6 nitrogen and oxygen atoms in total. The van der Waals surface area contributed by atoms with Crippen molar-refractivity contribution in [3.05, 3.63) is 6.20 Å². The Kier molecular flexibility index (Phi) is 3.72. The number of hydrogen-bond donors (Lipinski definition) is 3. The van der Waals surface area contributed by atoms with Crippen molar-refractivity contribution in [2.45, 2.75) is 4.21 Å². The zero-order chi connectivity index (χ0) is 10.6. The van der Waals surface area contributed by atoms with Gasteiger partial charge in [0.25, 0.3) is 0 Å². The number of nitrogens with zero attached hydrogens (tertiary/aromatic N) is 1. The van der Waals surface area contributed by atoms with Gasteiger partial charge in [-0.3, -0.25) is 10.1 Å². The molecule has 0 spiro atoms. The van der Waals surface area contributed by atoms with E-state index in [1.54, 1.807) is 6.20 Å². The summed E-state index contributed by atoms with van der Waals surface area (Å²) in [5.74, 6) is -0.320. The van der Waals surface area contributed by atoms with E-state index < -0.39 is 11.9 Å². The first-order valence-electron chi connectivity index (χ1n) is 3.51. The number of carbonyl (C=O) groups is 2. The van der Waals surface area contributed by atoms with Crippen LogP contribution in [-0.2, 0) is 4.79 Å². The van der Waals surface area contributed by atoms with Gasteiger partial charge in [0, 0.05) is 0 Å². The van der Waals surface area contributed by atoms with Crippen LogP contribution in [0.1, 0.15) is 0 Å². The number of thioether (sulfide) groups is 1. The summed E-state index contributed by atoms with van der Waals surface area (Å²) in [7, 11) is 0. The molecule has 0 radical (unpaired) electrons. The predicted octanol–water partition coefficient (Wildman–Crippen LogP) is 0.0123. The first-order valence-corrected chi connectivity index (χ1v) is 5.31. The lowest BCUT2D eigenvalue weighted by Gasteiger charge is -1.97. The smallest absolute Gasteiger partial charge is 0.318 e. The Balaban J connectivity index is 2.34. The second kappa shape index (κ2) is 4.82. The fourth-order valence-corrected chi connectivity index (χ4v) is 2.21. The second-order valence-corrected chi connectivity index (χ2v) is 4.56. The number of rotatable bonds is 3. The molecule has 0 aliphatic carbocycles. The van der Waals surface area contributed by atoms with E-state index in [0.29, 0.717) is 5.13 Å². The molecule has 1 aromatic rings. The number of urea groups is 1. The van der Waals surface area contributed by atoms with Gasteiger partial charge in [0.1, 0.15) is 0 Å². The molecule has 0 unspecified atom stereocenters. The highest BCUT2D eigenvalue weighted by molar-refractivity contribution is 8.01. The fraction of sp³-hybridized carbons (Fsp3) is 0.167. The lowest BCUT2D eigenvalue weighted by atomic mass is 10.7. The zero-order valence-corrected chi connectivity index (χ0v) is 8.65. The number of carbonyl (C=O) groups excluding carboxylic acids is 2. The molecule has 8 heteroatoms. The van der Waals surface area contributed by atoms with Crippen molar-refractivity contribution in [1.29, 1.82) is 0 Å². The van der Waals surface area contributed by atoms with E-state index in [9.17, 15) is 9.59 Å². The number of anilines is 1. The minimum atomic E-state index is -0.848. The highest BCUT2D eigenvalue weighted by Crippen LogP contribution is 2.25. The molecule has 76 valence electrons. The number of nitrogens with one attached hydrogen (secondary N) is 1. The lowest BCUT2D eigenvalue weighted by Crippen LogP contribution is -2.36. The number of thiazole rings is 1. The zero-order valence-electron chi connectivity index (χ0n) is 7.02. The van der Waals surface area contributed by atoms with Crippen molar-refractivity contribution in [3.63, 3.8) is 0 Å². The molecule has 1 rings (SSSR count). The van der Waals surface area contributed by atoms with Crippen LogP contribution in [0.3, 0.4) is 0 Å². The van der Waals surface area contributed by atoms with Crippen LogP contribution in [0.15, 0.2) is 10.4 Å². The minimum Gasteiger partial charge on any atom is -0.375 e. The van der Waals surface area contributed by atoms with Gasteiger partial charge in [-0.1, -0.05) is 11.3 Å². The lowest BCUT2D eigenvalue weighted by molar-refractivity contribution is -0.117. The second-order valence-electron chi connectivity index (χ2n) is 2.22. The first kappa shape index (κ1) is 10.8. The van der Waals surface area contributed by atoms with Crippen LogP contribution >= 0.6 is 23.1 Å². The molecule has 0 fully saturated rings. The molecule has 1 aromatic heterocycles. The monoisotopic (exact) mass is 232 g/mol. The third-order valence-electron chi connectivity index (χ3n) is 1.11. The number of aromatic nitrogens is 1. The van der Waals surface area contributed by atoms with Crippen molar-refractivity contribution in [2.75, 3.05) is 11.5 Å². The van der Waals surface area contributed by atoms with Crippen molar-refractivity contribution < 1.29 is 9.59 Å². The summed E-state index contributed by atoms with van der Waals surface area (Å²) >= 11 is 2.53. The topological polar surface area (TPSA) is 111 Å². The van der Waals surface area contributed by atoms with Crippen LogP contribution in [0, 0.1) is 0 Å². The van der Waals surface area contributed by atoms with Gasteiger partial charge in [-0.25, -0.2) is 9.78 Å². The third kappa shape index (κ3) is 3.62. The average Bonchev–Trinajstić information content (AvgIpc) is 2.47. The molecule has 0 bridgehead atoms. The molecule has 0 saturated carbocycles. The Morgan fingerprint density at radius 3 is 2.86 bits per heavy atom. The summed E-state index contributed by atoms with van der Waals surface area (Å²) in [5.41, 5.74) is 10.1. The van der Waals surface area contributed by atoms with E-state index in [1.807, 2.05) is 5.32 Å². The number of primary amides is 1. The molecule has 0 aromatic carbocycles. The average molecular weight is 232 g/mol. The predicted molar refractivity (Wildman–Crippen MR) is 55.0 cm³/mol. The fourth-order valence-electron chi connectivity index (χ4n) is 0.649.